The van der Waals surface area contributed by atoms with Crippen LogP contribution in [0.5, 0.6) is 0 Å². The number of nitro groups is 2. The monoisotopic (exact) mass is 512 g/mol. The number of ether oxygens (including phenoxy) is 1. The van der Waals surface area contributed by atoms with Gasteiger partial charge >= 0.3 is 24.3 Å². The van der Waals surface area contributed by atoms with Gasteiger partial charge < -0.3 is 9.84 Å². The van der Waals surface area contributed by atoms with Crippen molar-refractivity contribution in [2.75, 3.05) is 7.11 Å². The Bertz CT molecular complexity index is 1160. The Morgan fingerprint density at radius 2 is 1.14 bits per heavy atom. The number of carbonyl (C=O) groups excluding carboxylic acids is 1. The standard InChI is InChI=1S/C10H8F3NO4.C9H6F3NO4/c1-5-7(9(15)18-2)3-6(10(11,12)13)4-8(5)14(16)17;1-4-6(8(14)15)2-5(9(10,11)12)3-7(4)13(16)17/h3-4H,1-2H3;2-3H,1H3,(H,14,15). The lowest BCUT2D eigenvalue weighted by molar-refractivity contribution is -0.385. The Morgan fingerprint density at radius 1 is 0.800 bits per heavy atom. The molecule has 190 valence electrons. The summed E-state index contributed by atoms with van der Waals surface area (Å²) in [6.45, 7) is 2.27. The van der Waals surface area contributed by atoms with Gasteiger partial charge in [-0.05, 0) is 26.0 Å². The summed E-state index contributed by atoms with van der Waals surface area (Å²) in [4.78, 5) is 41.1. The lowest BCUT2D eigenvalue weighted by atomic mass is 10.0. The number of nitro benzene ring substituents is 2. The van der Waals surface area contributed by atoms with E-state index in [9.17, 15) is 56.2 Å². The second-order valence-electron chi connectivity index (χ2n) is 6.64. The number of benzene rings is 2. The van der Waals surface area contributed by atoms with Gasteiger partial charge in [-0.1, -0.05) is 0 Å². The molecule has 0 aliphatic rings. The van der Waals surface area contributed by atoms with Crippen LogP contribution in [0.4, 0.5) is 37.7 Å². The quantitative estimate of drug-likeness (QED) is 0.250. The smallest absolute Gasteiger partial charge is 0.416 e. The van der Waals surface area contributed by atoms with Gasteiger partial charge in [0.1, 0.15) is 0 Å². The largest absolute Gasteiger partial charge is 0.478 e. The highest BCUT2D eigenvalue weighted by Gasteiger charge is 2.36. The van der Waals surface area contributed by atoms with Crippen molar-refractivity contribution < 1.29 is 55.6 Å². The maximum absolute atomic E-state index is 12.5. The topological polar surface area (TPSA) is 150 Å². The number of alkyl halides is 6. The van der Waals surface area contributed by atoms with Crippen LogP contribution in [0, 0.1) is 34.1 Å². The van der Waals surface area contributed by atoms with Gasteiger partial charge in [-0.25, -0.2) is 9.59 Å². The van der Waals surface area contributed by atoms with E-state index in [1.807, 2.05) is 0 Å². The first-order chi connectivity index (χ1) is 15.8. The van der Waals surface area contributed by atoms with E-state index in [2.05, 4.69) is 4.74 Å². The zero-order valence-corrected chi connectivity index (χ0v) is 17.8. The number of nitrogens with zero attached hydrogens (tertiary/aromatic N) is 2. The Hall–Kier alpha value is -4.24. The molecule has 0 fully saturated rings. The predicted octanol–water partition coefficient (Wildman–Crippen LogP) is 5.33. The number of carboxylic acids is 1. The molecule has 0 saturated carbocycles. The van der Waals surface area contributed by atoms with Crippen molar-refractivity contribution in [3.8, 4) is 0 Å². The molecule has 10 nitrogen and oxygen atoms in total. The number of esters is 1. The molecule has 0 aromatic heterocycles. The van der Waals surface area contributed by atoms with E-state index in [4.69, 9.17) is 5.11 Å². The summed E-state index contributed by atoms with van der Waals surface area (Å²) in [7, 11) is 0.980. The number of carboxylic acid groups (broad SMARTS) is 1. The third-order valence-corrected chi connectivity index (χ3v) is 4.44. The lowest BCUT2D eigenvalue weighted by Crippen LogP contribution is -2.12. The van der Waals surface area contributed by atoms with E-state index in [-0.39, 0.29) is 11.1 Å². The molecule has 0 saturated heterocycles. The molecule has 0 amide bonds. The molecule has 2 rings (SSSR count). The summed E-state index contributed by atoms with van der Waals surface area (Å²) in [5.74, 6) is -2.70. The molecule has 0 spiro atoms. The zero-order valence-electron chi connectivity index (χ0n) is 17.8. The maximum Gasteiger partial charge on any atom is 0.416 e. The number of methoxy groups -OCH3 is 1. The van der Waals surface area contributed by atoms with Gasteiger partial charge in [0.2, 0.25) is 0 Å². The average Bonchev–Trinajstić information content (AvgIpc) is 2.71. The molecule has 35 heavy (non-hydrogen) atoms. The highest BCUT2D eigenvalue weighted by molar-refractivity contribution is 5.92. The van der Waals surface area contributed by atoms with Crippen molar-refractivity contribution in [3.05, 3.63) is 77.9 Å². The van der Waals surface area contributed by atoms with Crippen molar-refractivity contribution in [3.63, 3.8) is 0 Å². The van der Waals surface area contributed by atoms with Crippen molar-refractivity contribution >= 4 is 23.3 Å². The molecule has 0 aliphatic carbocycles. The molecular weight excluding hydrogens is 498 g/mol. The van der Waals surface area contributed by atoms with Crippen LogP contribution in [0.15, 0.2) is 24.3 Å². The van der Waals surface area contributed by atoms with Gasteiger partial charge in [0, 0.05) is 23.3 Å². The van der Waals surface area contributed by atoms with E-state index < -0.39 is 67.8 Å². The van der Waals surface area contributed by atoms with E-state index in [1.54, 1.807) is 0 Å². The minimum Gasteiger partial charge on any atom is -0.478 e. The average molecular weight is 512 g/mol. The summed E-state index contributed by atoms with van der Waals surface area (Å²) >= 11 is 0. The van der Waals surface area contributed by atoms with E-state index in [0.717, 1.165) is 14.0 Å². The minimum atomic E-state index is -4.83. The van der Waals surface area contributed by atoms with Crippen LogP contribution >= 0.6 is 0 Å². The molecule has 0 radical (unpaired) electrons. The first-order valence-corrected chi connectivity index (χ1v) is 8.87. The van der Waals surface area contributed by atoms with Crippen LogP contribution in [0.25, 0.3) is 0 Å². The summed E-state index contributed by atoms with van der Waals surface area (Å²) in [6.07, 6.45) is -9.61. The Labute approximate surface area is 191 Å². The Balaban J connectivity index is 0.000000351. The molecule has 0 unspecified atom stereocenters. The van der Waals surface area contributed by atoms with Crippen LogP contribution in [-0.4, -0.2) is 34.0 Å². The van der Waals surface area contributed by atoms with Crippen LogP contribution in [0.1, 0.15) is 43.0 Å². The van der Waals surface area contributed by atoms with Gasteiger partial charge in [-0.2, -0.15) is 26.3 Å². The van der Waals surface area contributed by atoms with Gasteiger partial charge in [0.15, 0.2) is 0 Å². The molecule has 2 aromatic carbocycles. The SMILES string of the molecule is COC(=O)c1cc(C(F)(F)F)cc([N+](=O)[O-])c1C.Cc1c(C(=O)O)cc(C(F)(F)F)cc1[N+](=O)[O-]. The van der Waals surface area contributed by atoms with E-state index in [1.165, 1.54) is 6.92 Å². The second-order valence-corrected chi connectivity index (χ2v) is 6.64. The Kier molecular flexibility index (Phi) is 8.52. The predicted molar refractivity (Wildman–Crippen MR) is 104 cm³/mol. The normalized spacial score (nSPS) is 11.2. The van der Waals surface area contributed by atoms with E-state index >= 15 is 0 Å². The number of carbonyl (C=O) groups is 2. The van der Waals surface area contributed by atoms with E-state index in [0.29, 0.717) is 24.3 Å². The molecule has 1 N–H and O–H groups in total. The molecule has 0 bridgehead atoms. The van der Waals surface area contributed by atoms with Crippen molar-refractivity contribution in [2.45, 2.75) is 26.2 Å². The number of hydrogen-bond donors (Lipinski definition) is 1. The molecular formula is C19H14F6N2O8. The summed E-state index contributed by atoms with van der Waals surface area (Å²) in [5.41, 5.74) is -5.93. The first kappa shape index (κ1) is 28.8. The second kappa shape index (κ2) is 10.4. The molecule has 2 aromatic rings. The maximum atomic E-state index is 12.5. The van der Waals surface area contributed by atoms with Crippen molar-refractivity contribution in [1.29, 1.82) is 0 Å². The molecule has 0 atom stereocenters. The van der Waals surface area contributed by atoms with Gasteiger partial charge in [0.25, 0.3) is 11.4 Å². The summed E-state index contributed by atoms with van der Waals surface area (Å²) in [5, 5.41) is 29.8. The lowest BCUT2D eigenvalue weighted by Gasteiger charge is -2.10. The zero-order chi connectivity index (χ0) is 27.5. The highest BCUT2D eigenvalue weighted by Crippen LogP contribution is 2.36. The fourth-order valence-corrected chi connectivity index (χ4v) is 2.65. The third-order valence-electron chi connectivity index (χ3n) is 4.44. The third kappa shape index (κ3) is 6.87. The van der Waals surface area contributed by atoms with Crippen LogP contribution in [0.3, 0.4) is 0 Å². The van der Waals surface area contributed by atoms with Crippen LogP contribution in [0.2, 0.25) is 0 Å². The van der Waals surface area contributed by atoms with Crippen LogP contribution in [-0.2, 0) is 17.1 Å². The summed E-state index contributed by atoms with van der Waals surface area (Å²) in [6, 6.07) is 1.63. The molecule has 0 aliphatic heterocycles. The number of halogens is 6. The van der Waals surface area contributed by atoms with Crippen LogP contribution < -0.4 is 0 Å². The molecule has 16 heteroatoms. The van der Waals surface area contributed by atoms with Crippen molar-refractivity contribution in [1.82, 2.24) is 0 Å². The fraction of sp³-hybridized carbons (Fsp3) is 0.263. The highest BCUT2D eigenvalue weighted by atomic mass is 19.4. The number of hydrogen-bond acceptors (Lipinski definition) is 7. The molecule has 0 heterocycles. The van der Waals surface area contributed by atoms with Gasteiger partial charge in [-0.3, -0.25) is 20.2 Å². The minimum absolute atomic E-state index is 0.167. The fourth-order valence-electron chi connectivity index (χ4n) is 2.65. The number of aromatic carboxylic acids is 1. The number of rotatable bonds is 4. The van der Waals surface area contributed by atoms with Gasteiger partial charge in [-0.15, -0.1) is 0 Å². The first-order valence-electron chi connectivity index (χ1n) is 8.87. The summed E-state index contributed by atoms with van der Waals surface area (Å²) < 4.78 is 79.1. The van der Waals surface area contributed by atoms with Crippen molar-refractivity contribution in [2.24, 2.45) is 0 Å². The van der Waals surface area contributed by atoms with Gasteiger partial charge in [0.05, 0.1) is 39.2 Å². The Morgan fingerprint density at radius 3 is 1.43 bits per heavy atom.